The van der Waals surface area contributed by atoms with E-state index in [9.17, 15) is 18.3 Å². The minimum absolute atomic E-state index is 0.00847. The predicted molar refractivity (Wildman–Crippen MR) is 77.0 cm³/mol. The quantitative estimate of drug-likeness (QED) is 0.747. The second kappa shape index (κ2) is 5.11. The molecule has 1 aliphatic heterocycles. The molecule has 8 nitrogen and oxygen atoms in total. The lowest BCUT2D eigenvalue weighted by Gasteiger charge is -2.20. The number of carbonyl (C=O) groups excluding carboxylic acids is 1. The summed E-state index contributed by atoms with van der Waals surface area (Å²) >= 11 is 0. The Morgan fingerprint density at radius 3 is 2.55 bits per heavy atom. The molecule has 0 spiro atoms. The minimum Gasteiger partial charge on any atom is -0.505 e. The molecule has 2 heterocycles. The number of fused-ring (bicyclic) bond motifs is 1. The van der Waals surface area contributed by atoms with Gasteiger partial charge in [-0.1, -0.05) is 12.1 Å². The van der Waals surface area contributed by atoms with E-state index >= 15 is 0 Å². The fraction of sp³-hybridized carbons (Fsp3) is 0. The van der Waals surface area contributed by atoms with E-state index in [-0.39, 0.29) is 16.4 Å². The molecular formula is C13H10N4O4S. The molecule has 9 heteroatoms. The van der Waals surface area contributed by atoms with Crippen molar-refractivity contribution in [3.05, 3.63) is 54.0 Å². The summed E-state index contributed by atoms with van der Waals surface area (Å²) in [6, 6.07) is 7.39. The van der Waals surface area contributed by atoms with Crippen LogP contribution in [0.25, 0.3) is 5.76 Å². The third kappa shape index (κ3) is 2.37. The number of aliphatic hydroxyl groups is 1. The normalized spacial score (nSPS) is 15.6. The first kappa shape index (κ1) is 14.0. The lowest BCUT2D eigenvalue weighted by molar-refractivity contribution is -0.113. The van der Waals surface area contributed by atoms with Gasteiger partial charge in [0.05, 0.1) is 4.90 Å². The van der Waals surface area contributed by atoms with Crippen molar-refractivity contribution in [2.24, 2.45) is 0 Å². The Kier molecular flexibility index (Phi) is 3.26. The summed E-state index contributed by atoms with van der Waals surface area (Å²) < 4.78 is 26.3. The Bertz CT molecular complexity index is 878. The first-order chi connectivity index (χ1) is 10.5. The Labute approximate surface area is 125 Å². The third-order valence-corrected chi connectivity index (χ3v) is 4.33. The lowest BCUT2D eigenvalue weighted by Crippen LogP contribution is -2.35. The van der Waals surface area contributed by atoms with Crippen LogP contribution < -0.4 is 10.0 Å². The molecule has 1 aromatic carbocycles. The second-order valence-corrected chi connectivity index (χ2v) is 6.00. The standard InChI is InChI=1S/C13H10N4O4S/c18-11-8-4-1-2-5-9(8)22(20,21)17-10(11)12(19)16-13-14-6-3-7-15-13/h1-7,17-18H,(H,14,15,16,19). The zero-order valence-corrected chi connectivity index (χ0v) is 11.8. The van der Waals surface area contributed by atoms with Gasteiger partial charge in [0.25, 0.3) is 15.9 Å². The van der Waals surface area contributed by atoms with E-state index < -0.39 is 27.4 Å². The van der Waals surface area contributed by atoms with Crippen LogP contribution in [0, 0.1) is 0 Å². The maximum Gasteiger partial charge on any atom is 0.278 e. The van der Waals surface area contributed by atoms with Gasteiger partial charge in [-0.25, -0.2) is 18.4 Å². The van der Waals surface area contributed by atoms with Crippen LogP contribution in [0.15, 0.2) is 53.3 Å². The molecule has 0 radical (unpaired) electrons. The number of amides is 1. The molecule has 2 aromatic rings. The van der Waals surface area contributed by atoms with Crippen molar-refractivity contribution in [2.75, 3.05) is 5.32 Å². The van der Waals surface area contributed by atoms with Crippen molar-refractivity contribution in [2.45, 2.75) is 4.90 Å². The molecule has 1 aromatic heterocycles. The van der Waals surface area contributed by atoms with Crippen LogP contribution in [0.3, 0.4) is 0 Å². The van der Waals surface area contributed by atoms with Gasteiger partial charge in [0.1, 0.15) is 0 Å². The van der Waals surface area contributed by atoms with Gasteiger partial charge in [0.2, 0.25) is 5.95 Å². The molecule has 3 N–H and O–H groups in total. The molecule has 0 bridgehead atoms. The number of rotatable bonds is 2. The number of benzene rings is 1. The Morgan fingerprint density at radius 1 is 1.14 bits per heavy atom. The van der Waals surface area contributed by atoms with Gasteiger partial charge < -0.3 is 5.11 Å². The summed E-state index contributed by atoms with van der Waals surface area (Å²) in [7, 11) is -3.93. The van der Waals surface area contributed by atoms with Crippen LogP contribution in [-0.2, 0) is 14.8 Å². The highest BCUT2D eigenvalue weighted by atomic mass is 32.2. The van der Waals surface area contributed by atoms with Gasteiger partial charge in [0.15, 0.2) is 11.5 Å². The number of sulfonamides is 1. The number of aromatic nitrogens is 2. The topological polar surface area (TPSA) is 121 Å². The number of hydrogen-bond donors (Lipinski definition) is 3. The van der Waals surface area contributed by atoms with E-state index in [0.717, 1.165) is 0 Å². The van der Waals surface area contributed by atoms with Gasteiger partial charge in [-0.2, -0.15) is 0 Å². The third-order valence-electron chi connectivity index (χ3n) is 2.92. The van der Waals surface area contributed by atoms with Crippen molar-refractivity contribution in [3.63, 3.8) is 0 Å². The highest BCUT2D eigenvalue weighted by molar-refractivity contribution is 7.89. The first-order valence-corrected chi connectivity index (χ1v) is 7.61. The first-order valence-electron chi connectivity index (χ1n) is 6.13. The van der Waals surface area contributed by atoms with Crippen LogP contribution >= 0.6 is 0 Å². The molecule has 1 amide bonds. The van der Waals surface area contributed by atoms with Gasteiger partial charge in [-0.05, 0) is 18.2 Å². The van der Waals surface area contributed by atoms with E-state index in [0.29, 0.717) is 0 Å². The predicted octanol–water partition coefficient (Wildman–Crippen LogP) is 0.634. The van der Waals surface area contributed by atoms with Crippen LogP contribution in [-0.4, -0.2) is 29.4 Å². The van der Waals surface area contributed by atoms with Crippen LogP contribution in [0.4, 0.5) is 5.95 Å². The number of hydrogen-bond acceptors (Lipinski definition) is 6. The second-order valence-electron chi connectivity index (χ2n) is 4.35. The molecular weight excluding hydrogens is 308 g/mol. The average molecular weight is 318 g/mol. The molecule has 3 rings (SSSR count). The van der Waals surface area contributed by atoms with E-state index in [2.05, 4.69) is 20.0 Å². The summed E-state index contributed by atoms with van der Waals surface area (Å²) in [6.45, 7) is 0. The van der Waals surface area contributed by atoms with Gasteiger partial charge >= 0.3 is 0 Å². The van der Waals surface area contributed by atoms with Gasteiger partial charge in [-0.15, -0.1) is 0 Å². The molecule has 0 atom stereocenters. The maximum atomic E-state index is 12.1. The number of anilines is 1. The largest absolute Gasteiger partial charge is 0.505 e. The van der Waals surface area contributed by atoms with Crippen molar-refractivity contribution < 1.29 is 18.3 Å². The molecule has 0 unspecified atom stereocenters. The number of nitrogens with zero attached hydrogens (tertiary/aromatic N) is 2. The minimum atomic E-state index is -3.93. The Morgan fingerprint density at radius 2 is 1.82 bits per heavy atom. The highest BCUT2D eigenvalue weighted by Gasteiger charge is 2.32. The molecule has 112 valence electrons. The summed E-state index contributed by atoms with van der Waals surface area (Å²) in [5.74, 6) is -1.33. The summed E-state index contributed by atoms with van der Waals surface area (Å²) in [5, 5.41) is 12.5. The number of aliphatic hydroxyl groups excluding tert-OH is 1. The summed E-state index contributed by atoms with van der Waals surface area (Å²) in [6.07, 6.45) is 2.83. The molecule has 1 aliphatic rings. The zero-order valence-electron chi connectivity index (χ0n) is 11.0. The van der Waals surface area contributed by atoms with Gasteiger partial charge in [-0.3, -0.25) is 14.8 Å². The van der Waals surface area contributed by atoms with Crippen molar-refractivity contribution in [1.82, 2.24) is 14.7 Å². The fourth-order valence-electron chi connectivity index (χ4n) is 1.95. The van der Waals surface area contributed by atoms with E-state index in [4.69, 9.17) is 0 Å². The monoisotopic (exact) mass is 318 g/mol. The summed E-state index contributed by atoms with van der Waals surface area (Å²) in [4.78, 5) is 19.6. The van der Waals surface area contributed by atoms with Crippen molar-refractivity contribution in [1.29, 1.82) is 0 Å². The van der Waals surface area contributed by atoms with E-state index in [1.54, 1.807) is 12.1 Å². The van der Waals surface area contributed by atoms with Crippen LogP contribution in [0.5, 0.6) is 0 Å². The Balaban J connectivity index is 2.02. The number of nitrogens with one attached hydrogen (secondary N) is 2. The maximum absolute atomic E-state index is 12.1. The van der Waals surface area contributed by atoms with Crippen LogP contribution in [0.1, 0.15) is 5.56 Å². The van der Waals surface area contributed by atoms with Crippen LogP contribution in [0.2, 0.25) is 0 Å². The number of carbonyl (C=O) groups is 1. The smallest absolute Gasteiger partial charge is 0.278 e. The molecule has 0 saturated carbocycles. The molecule has 0 saturated heterocycles. The zero-order chi connectivity index (χ0) is 15.7. The highest BCUT2D eigenvalue weighted by Crippen LogP contribution is 2.28. The van der Waals surface area contributed by atoms with Crippen molar-refractivity contribution >= 4 is 27.6 Å². The van der Waals surface area contributed by atoms with E-state index in [1.807, 2.05) is 0 Å². The summed E-state index contributed by atoms with van der Waals surface area (Å²) in [5.41, 5.74) is -0.425. The lowest BCUT2D eigenvalue weighted by atomic mass is 10.1. The van der Waals surface area contributed by atoms with Gasteiger partial charge in [0, 0.05) is 18.0 Å². The molecule has 0 aliphatic carbocycles. The SMILES string of the molecule is O=C(Nc1ncccn1)C1=C(O)c2ccccc2S(=O)(=O)N1. The van der Waals surface area contributed by atoms with E-state index in [1.165, 1.54) is 30.6 Å². The van der Waals surface area contributed by atoms with Crippen molar-refractivity contribution in [3.8, 4) is 0 Å². The fourth-order valence-corrected chi connectivity index (χ4v) is 3.23. The molecule has 22 heavy (non-hydrogen) atoms. The molecule has 0 fully saturated rings. The average Bonchev–Trinajstić information content (AvgIpc) is 2.52. The Hall–Kier alpha value is -2.94.